The van der Waals surface area contributed by atoms with E-state index in [1.54, 1.807) is 0 Å². The molecule has 0 aliphatic carbocycles. The van der Waals surface area contributed by atoms with E-state index in [0.717, 1.165) is 36.7 Å². The second-order valence-electron chi connectivity index (χ2n) is 3.59. The molecule has 16 heavy (non-hydrogen) atoms. The van der Waals surface area contributed by atoms with Gasteiger partial charge in [0, 0.05) is 25.1 Å². The molecule has 0 bridgehead atoms. The molecule has 0 spiro atoms. The van der Waals surface area contributed by atoms with Gasteiger partial charge in [0.15, 0.2) is 0 Å². The van der Waals surface area contributed by atoms with E-state index in [-0.39, 0.29) is 0 Å². The van der Waals surface area contributed by atoms with E-state index in [2.05, 4.69) is 39.6 Å². The molecule has 0 aliphatic rings. The molecule has 4 heteroatoms. The number of rotatable bonds is 5. The molecule has 0 unspecified atom stereocenters. The van der Waals surface area contributed by atoms with Crippen LogP contribution >= 0.6 is 0 Å². The van der Waals surface area contributed by atoms with E-state index < -0.39 is 0 Å². The molecule has 1 aromatic heterocycles. The largest absolute Gasteiger partial charge is 0.385 e. The molecule has 0 amide bonds. The molecule has 0 atom stereocenters. The summed E-state index contributed by atoms with van der Waals surface area (Å²) in [7, 11) is 0. The van der Waals surface area contributed by atoms with Crippen LogP contribution in [-0.4, -0.2) is 21.7 Å². The number of benzene rings is 1. The van der Waals surface area contributed by atoms with Crippen molar-refractivity contribution in [2.75, 3.05) is 11.9 Å². The molecule has 2 aromatic rings. The zero-order valence-electron chi connectivity index (χ0n) is 9.40. The monoisotopic (exact) mass is 216 g/mol. The molecule has 1 aromatic carbocycles. The second-order valence-corrected chi connectivity index (χ2v) is 3.59. The summed E-state index contributed by atoms with van der Waals surface area (Å²) in [4.78, 5) is 4.35. The van der Waals surface area contributed by atoms with E-state index in [1.165, 1.54) is 0 Å². The highest BCUT2D eigenvalue weighted by molar-refractivity contribution is 5.42. The summed E-state index contributed by atoms with van der Waals surface area (Å²) in [6.45, 7) is 2.91. The molecule has 84 valence electrons. The van der Waals surface area contributed by atoms with Crippen molar-refractivity contribution in [2.24, 2.45) is 0 Å². The maximum absolute atomic E-state index is 4.35. The third-order valence-corrected chi connectivity index (χ3v) is 2.36. The summed E-state index contributed by atoms with van der Waals surface area (Å²) in [6.07, 6.45) is 1.74. The highest BCUT2D eigenvalue weighted by Crippen LogP contribution is 2.04. The Morgan fingerprint density at radius 1 is 1.25 bits per heavy atom. The van der Waals surface area contributed by atoms with Crippen LogP contribution in [0.25, 0.3) is 0 Å². The van der Waals surface area contributed by atoms with Gasteiger partial charge in [-0.1, -0.05) is 25.1 Å². The first kappa shape index (κ1) is 10.7. The smallest absolute Gasteiger partial charge is 0.150 e. The van der Waals surface area contributed by atoms with Gasteiger partial charge in [0.2, 0.25) is 0 Å². The first-order valence-corrected chi connectivity index (χ1v) is 5.57. The van der Waals surface area contributed by atoms with Crippen LogP contribution in [0.1, 0.15) is 18.6 Å². The van der Waals surface area contributed by atoms with Crippen LogP contribution in [0.5, 0.6) is 0 Å². The molecule has 1 heterocycles. The number of aromatic amines is 1. The fourth-order valence-corrected chi connectivity index (χ4v) is 1.49. The second kappa shape index (κ2) is 5.30. The number of nitrogens with zero attached hydrogens (tertiary/aromatic N) is 2. The van der Waals surface area contributed by atoms with Gasteiger partial charge in [-0.25, -0.2) is 4.98 Å². The Morgan fingerprint density at radius 2 is 2.06 bits per heavy atom. The van der Waals surface area contributed by atoms with Gasteiger partial charge in [0.25, 0.3) is 0 Å². The van der Waals surface area contributed by atoms with Crippen molar-refractivity contribution < 1.29 is 0 Å². The zero-order valence-corrected chi connectivity index (χ0v) is 9.40. The number of aromatic nitrogens is 3. The molecular weight excluding hydrogens is 200 g/mol. The topological polar surface area (TPSA) is 53.6 Å². The normalized spacial score (nSPS) is 10.3. The summed E-state index contributed by atoms with van der Waals surface area (Å²) < 4.78 is 0. The average molecular weight is 216 g/mol. The summed E-state index contributed by atoms with van der Waals surface area (Å²) in [5, 5.41) is 10.4. The Balaban J connectivity index is 1.80. The lowest BCUT2D eigenvalue weighted by atomic mass is 10.3. The Hall–Kier alpha value is -1.84. The van der Waals surface area contributed by atoms with Crippen molar-refractivity contribution in [2.45, 2.75) is 19.8 Å². The van der Waals surface area contributed by atoms with Gasteiger partial charge in [-0.05, 0) is 12.1 Å². The third-order valence-electron chi connectivity index (χ3n) is 2.36. The number of hydrogen-bond donors (Lipinski definition) is 2. The minimum atomic E-state index is 0.863. The SMILES string of the molecule is CCc1n[nH]c(CCNc2ccccc2)n1. The van der Waals surface area contributed by atoms with Crippen molar-refractivity contribution in [3.8, 4) is 0 Å². The maximum Gasteiger partial charge on any atom is 0.150 e. The van der Waals surface area contributed by atoms with E-state index >= 15 is 0 Å². The quantitative estimate of drug-likeness (QED) is 0.804. The third kappa shape index (κ3) is 2.82. The zero-order chi connectivity index (χ0) is 11.2. The predicted octanol–water partition coefficient (Wildman–Crippen LogP) is 2.02. The van der Waals surface area contributed by atoms with Gasteiger partial charge >= 0.3 is 0 Å². The van der Waals surface area contributed by atoms with Gasteiger partial charge in [0.1, 0.15) is 11.6 Å². The molecule has 0 saturated heterocycles. The van der Waals surface area contributed by atoms with Crippen LogP contribution in [0, 0.1) is 0 Å². The van der Waals surface area contributed by atoms with Crippen LogP contribution in [0.4, 0.5) is 5.69 Å². The molecule has 0 radical (unpaired) electrons. The first-order chi connectivity index (χ1) is 7.88. The Bertz CT molecular complexity index is 422. The molecular formula is C12H16N4. The highest BCUT2D eigenvalue weighted by Gasteiger charge is 2.00. The van der Waals surface area contributed by atoms with Crippen molar-refractivity contribution in [3.63, 3.8) is 0 Å². The molecule has 2 rings (SSSR count). The number of anilines is 1. The molecule has 2 N–H and O–H groups in total. The molecule has 0 fully saturated rings. The molecule has 4 nitrogen and oxygen atoms in total. The molecule has 0 saturated carbocycles. The van der Waals surface area contributed by atoms with Crippen LogP contribution in [0.2, 0.25) is 0 Å². The number of nitrogens with one attached hydrogen (secondary N) is 2. The lowest BCUT2D eigenvalue weighted by molar-refractivity contribution is 0.901. The first-order valence-electron chi connectivity index (χ1n) is 5.57. The van der Waals surface area contributed by atoms with E-state index in [4.69, 9.17) is 0 Å². The number of hydrogen-bond acceptors (Lipinski definition) is 3. The van der Waals surface area contributed by atoms with Crippen LogP contribution in [-0.2, 0) is 12.8 Å². The van der Waals surface area contributed by atoms with Gasteiger partial charge in [-0.2, -0.15) is 5.10 Å². The fraction of sp³-hybridized carbons (Fsp3) is 0.333. The van der Waals surface area contributed by atoms with Gasteiger partial charge in [-0.15, -0.1) is 0 Å². The summed E-state index contributed by atoms with van der Waals surface area (Å²) in [5.74, 6) is 1.83. The average Bonchev–Trinajstić information content (AvgIpc) is 2.78. The standard InChI is InChI=1S/C12H16N4/c1-2-11-14-12(16-15-11)8-9-13-10-6-4-3-5-7-10/h3-7,13H,2,8-9H2,1H3,(H,14,15,16). The number of H-pyrrole nitrogens is 1. The Kier molecular flexibility index (Phi) is 3.53. The van der Waals surface area contributed by atoms with Gasteiger partial charge < -0.3 is 5.32 Å². The van der Waals surface area contributed by atoms with Crippen molar-refractivity contribution >= 4 is 5.69 Å². The van der Waals surface area contributed by atoms with Crippen molar-refractivity contribution in [1.82, 2.24) is 15.2 Å². The highest BCUT2D eigenvalue weighted by atomic mass is 15.2. The van der Waals surface area contributed by atoms with Crippen LogP contribution in [0.15, 0.2) is 30.3 Å². The number of aryl methyl sites for hydroxylation is 1. The Morgan fingerprint density at radius 3 is 2.75 bits per heavy atom. The lowest BCUT2D eigenvalue weighted by Gasteiger charge is -2.03. The van der Waals surface area contributed by atoms with Crippen LogP contribution < -0.4 is 5.32 Å². The van der Waals surface area contributed by atoms with E-state index in [0.29, 0.717) is 0 Å². The van der Waals surface area contributed by atoms with Crippen molar-refractivity contribution in [3.05, 3.63) is 42.0 Å². The summed E-state index contributed by atoms with van der Waals surface area (Å²) in [6, 6.07) is 10.2. The van der Waals surface area contributed by atoms with Crippen molar-refractivity contribution in [1.29, 1.82) is 0 Å². The fourth-order valence-electron chi connectivity index (χ4n) is 1.49. The summed E-state index contributed by atoms with van der Waals surface area (Å²) >= 11 is 0. The number of para-hydroxylation sites is 1. The predicted molar refractivity (Wildman–Crippen MR) is 64.4 cm³/mol. The van der Waals surface area contributed by atoms with E-state index in [9.17, 15) is 0 Å². The van der Waals surface area contributed by atoms with Crippen LogP contribution in [0.3, 0.4) is 0 Å². The van der Waals surface area contributed by atoms with Gasteiger partial charge in [-0.3, -0.25) is 5.10 Å². The minimum Gasteiger partial charge on any atom is -0.385 e. The summed E-state index contributed by atoms with van der Waals surface area (Å²) in [5.41, 5.74) is 1.14. The minimum absolute atomic E-state index is 0.863. The lowest BCUT2D eigenvalue weighted by Crippen LogP contribution is -2.05. The Labute approximate surface area is 95.1 Å². The van der Waals surface area contributed by atoms with Gasteiger partial charge in [0.05, 0.1) is 0 Å². The maximum atomic E-state index is 4.35. The molecule has 0 aliphatic heterocycles. The van der Waals surface area contributed by atoms with E-state index in [1.807, 2.05) is 18.2 Å².